The van der Waals surface area contributed by atoms with Gasteiger partial charge in [-0.1, -0.05) is 6.08 Å². The number of thioether (sulfide) groups is 1. The number of nitrogen functional groups attached to an aromatic ring is 1. The van der Waals surface area contributed by atoms with E-state index in [1.54, 1.807) is 40.8 Å². The molecular formula is C15H18N4OS. The van der Waals surface area contributed by atoms with Crippen molar-refractivity contribution in [2.24, 2.45) is 0 Å². The number of rotatable bonds is 7. The number of aromatic nitrogens is 2. The largest absolute Gasteiger partial charge is 0.399 e. The molecule has 1 aromatic heterocycles. The summed E-state index contributed by atoms with van der Waals surface area (Å²) in [5, 5.41) is 7.11. The van der Waals surface area contributed by atoms with Gasteiger partial charge in [-0.2, -0.15) is 16.9 Å². The lowest BCUT2D eigenvalue weighted by atomic mass is 10.3. The molecule has 0 aliphatic heterocycles. The van der Waals surface area contributed by atoms with Gasteiger partial charge in [-0.25, -0.2) is 4.68 Å². The van der Waals surface area contributed by atoms with Gasteiger partial charge >= 0.3 is 0 Å². The smallest absolute Gasteiger partial charge is 0.271 e. The summed E-state index contributed by atoms with van der Waals surface area (Å²) in [6.07, 6.45) is 3.60. The van der Waals surface area contributed by atoms with Gasteiger partial charge in [-0.3, -0.25) is 4.79 Å². The van der Waals surface area contributed by atoms with Crippen LogP contribution in [0.2, 0.25) is 0 Å². The highest BCUT2D eigenvalue weighted by molar-refractivity contribution is 7.99. The van der Waals surface area contributed by atoms with Crippen LogP contribution < -0.4 is 11.1 Å². The Morgan fingerprint density at radius 3 is 2.86 bits per heavy atom. The van der Waals surface area contributed by atoms with Crippen molar-refractivity contribution < 1.29 is 4.79 Å². The molecule has 6 heteroatoms. The first-order valence-electron chi connectivity index (χ1n) is 6.59. The van der Waals surface area contributed by atoms with Crippen LogP contribution in [0.25, 0.3) is 5.69 Å². The Morgan fingerprint density at radius 2 is 2.14 bits per heavy atom. The van der Waals surface area contributed by atoms with Crippen LogP contribution in [0.1, 0.15) is 10.5 Å². The molecule has 0 spiro atoms. The maximum atomic E-state index is 11.9. The molecule has 2 aromatic rings. The summed E-state index contributed by atoms with van der Waals surface area (Å²) in [5.41, 5.74) is 7.61. The number of benzene rings is 1. The lowest BCUT2D eigenvalue weighted by molar-refractivity contribution is 0.0951. The fourth-order valence-corrected chi connectivity index (χ4v) is 2.29. The van der Waals surface area contributed by atoms with Crippen LogP contribution in [-0.2, 0) is 0 Å². The number of nitrogens with two attached hydrogens (primary N) is 1. The third-order valence-corrected chi connectivity index (χ3v) is 3.71. The monoisotopic (exact) mass is 302 g/mol. The molecule has 0 fully saturated rings. The van der Waals surface area contributed by atoms with Gasteiger partial charge in [0.25, 0.3) is 5.91 Å². The summed E-state index contributed by atoms with van der Waals surface area (Å²) >= 11 is 1.72. The predicted octanol–water partition coefficient (Wildman–Crippen LogP) is 2.10. The highest BCUT2D eigenvalue weighted by atomic mass is 32.2. The normalized spacial score (nSPS) is 10.3. The summed E-state index contributed by atoms with van der Waals surface area (Å²) in [5.74, 6) is 1.58. The van der Waals surface area contributed by atoms with E-state index in [0.717, 1.165) is 17.2 Å². The highest BCUT2D eigenvalue weighted by Gasteiger charge is 2.09. The Balaban J connectivity index is 1.91. The minimum atomic E-state index is -0.164. The predicted molar refractivity (Wildman–Crippen MR) is 87.8 cm³/mol. The third-order valence-electron chi connectivity index (χ3n) is 2.75. The topological polar surface area (TPSA) is 72.9 Å². The standard InChI is InChI=1S/C15H18N4OS/c1-2-10-21-11-8-17-15(20)14-7-9-19(18-14)13-5-3-12(16)4-6-13/h2-7,9H,1,8,10-11,16H2,(H,17,20). The Hall–Kier alpha value is -2.21. The zero-order valence-corrected chi connectivity index (χ0v) is 12.5. The van der Waals surface area contributed by atoms with Gasteiger partial charge in [0.15, 0.2) is 5.69 Å². The molecule has 110 valence electrons. The average molecular weight is 302 g/mol. The Morgan fingerprint density at radius 1 is 1.38 bits per heavy atom. The Kier molecular flexibility index (Phi) is 5.45. The van der Waals surface area contributed by atoms with Crippen LogP contribution in [0.15, 0.2) is 49.2 Å². The Bertz CT molecular complexity index is 606. The van der Waals surface area contributed by atoms with Crippen LogP contribution in [0.3, 0.4) is 0 Å². The number of amides is 1. The number of nitrogens with one attached hydrogen (secondary N) is 1. The van der Waals surface area contributed by atoms with Crippen LogP contribution in [-0.4, -0.2) is 33.7 Å². The van der Waals surface area contributed by atoms with Crippen molar-refractivity contribution >= 4 is 23.4 Å². The number of nitrogens with zero attached hydrogens (tertiary/aromatic N) is 2. The molecule has 2 rings (SSSR count). The summed E-state index contributed by atoms with van der Waals surface area (Å²) in [4.78, 5) is 11.9. The van der Waals surface area contributed by atoms with Gasteiger partial charge in [0.1, 0.15) is 0 Å². The van der Waals surface area contributed by atoms with E-state index in [-0.39, 0.29) is 5.91 Å². The number of carbonyl (C=O) groups excluding carboxylic acids is 1. The molecular weight excluding hydrogens is 284 g/mol. The van der Waals surface area contributed by atoms with Crippen molar-refractivity contribution in [3.05, 3.63) is 54.9 Å². The maximum Gasteiger partial charge on any atom is 0.271 e. The SMILES string of the molecule is C=CCSCCNC(=O)c1ccn(-c2ccc(N)cc2)n1. The van der Waals surface area contributed by atoms with E-state index < -0.39 is 0 Å². The molecule has 21 heavy (non-hydrogen) atoms. The van der Waals surface area contributed by atoms with Gasteiger partial charge in [0.2, 0.25) is 0 Å². The van der Waals surface area contributed by atoms with Crippen molar-refractivity contribution in [1.29, 1.82) is 0 Å². The number of carbonyl (C=O) groups is 1. The Labute approximate surface area is 128 Å². The van der Waals surface area contributed by atoms with Crippen molar-refractivity contribution in [2.45, 2.75) is 0 Å². The molecule has 0 radical (unpaired) electrons. The first kappa shape index (κ1) is 15.2. The van der Waals surface area contributed by atoms with Crippen molar-refractivity contribution in [3.63, 3.8) is 0 Å². The van der Waals surface area contributed by atoms with Gasteiger partial charge in [-0.05, 0) is 30.3 Å². The van der Waals surface area contributed by atoms with E-state index in [2.05, 4.69) is 17.0 Å². The summed E-state index contributed by atoms with van der Waals surface area (Å²) in [7, 11) is 0. The zero-order valence-electron chi connectivity index (χ0n) is 11.7. The molecule has 0 aliphatic rings. The molecule has 0 saturated carbocycles. The van der Waals surface area contributed by atoms with Crippen LogP contribution in [0.4, 0.5) is 5.69 Å². The summed E-state index contributed by atoms with van der Waals surface area (Å²) < 4.78 is 1.65. The number of anilines is 1. The molecule has 1 amide bonds. The van der Waals surface area contributed by atoms with E-state index in [1.807, 2.05) is 18.2 Å². The van der Waals surface area contributed by atoms with E-state index in [9.17, 15) is 4.79 Å². The van der Waals surface area contributed by atoms with Crippen molar-refractivity contribution in [1.82, 2.24) is 15.1 Å². The lowest BCUT2D eigenvalue weighted by Crippen LogP contribution is -2.26. The second-order valence-corrected chi connectivity index (χ2v) is 5.51. The van der Waals surface area contributed by atoms with Gasteiger partial charge in [-0.15, -0.1) is 6.58 Å². The van der Waals surface area contributed by atoms with Crippen LogP contribution >= 0.6 is 11.8 Å². The van der Waals surface area contributed by atoms with E-state index >= 15 is 0 Å². The lowest BCUT2D eigenvalue weighted by Gasteiger charge is -2.03. The molecule has 0 aliphatic carbocycles. The molecule has 3 N–H and O–H groups in total. The van der Waals surface area contributed by atoms with Gasteiger partial charge < -0.3 is 11.1 Å². The van der Waals surface area contributed by atoms with Crippen molar-refractivity contribution in [3.8, 4) is 5.69 Å². The van der Waals surface area contributed by atoms with Gasteiger partial charge in [0.05, 0.1) is 5.69 Å². The van der Waals surface area contributed by atoms with Crippen molar-refractivity contribution in [2.75, 3.05) is 23.8 Å². The van der Waals surface area contributed by atoms with Gasteiger partial charge in [0, 0.05) is 29.9 Å². The third kappa shape index (κ3) is 4.39. The minimum absolute atomic E-state index is 0.164. The maximum absolute atomic E-state index is 11.9. The first-order valence-corrected chi connectivity index (χ1v) is 7.74. The molecule has 1 aromatic carbocycles. The van der Waals surface area contributed by atoms with E-state index in [1.165, 1.54) is 0 Å². The molecule has 0 bridgehead atoms. The fraction of sp³-hybridized carbons (Fsp3) is 0.200. The molecule has 5 nitrogen and oxygen atoms in total. The number of hydrogen-bond acceptors (Lipinski definition) is 4. The molecule has 0 atom stereocenters. The summed E-state index contributed by atoms with van der Waals surface area (Å²) in [6, 6.07) is 9.01. The summed E-state index contributed by atoms with van der Waals surface area (Å²) in [6.45, 7) is 4.27. The highest BCUT2D eigenvalue weighted by Crippen LogP contribution is 2.10. The minimum Gasteiger partial charge on any atom is -0.399 e. The van der Waals surface area contributed by atoms with E-state index in [4.69, 9.17) is 5.73 Å². The molecule has 1 heterocycles. The quantitative estimate of drug-likeness (QED) is 0.467. The zero-order chi connectivity index (χ0) is 15.1. The van der Waals surface area contributed by atoms with E-state index in [0.29, 0.717) is 17.9 Å². The molecule has 0 unspecified atom stereocenters. The molecule has 0 saturated heterocycles. The fourth-order valence-electron chi connectivity index (χ4n) is 1.71. The second kappa shape index (κ2) is 7.54. The second-order valence-electron chi connectivity index (χ2n) is 4.36. The average Bonchev–Trinajstić information content (AvgIpc) is 2.97. The van der Waals surface area contributed by atoms with Crippen LogP contribution in [0, 0.1) is 0 Å². The number of hydrogen-bond donors (Lipinski definition) is 2. The first-order chi connectivity index (χ1) is 10.2. The van der Waals surface area contributed by atoms with Crippen LogP contribution in [0.5, 0.6) is 0 Å².